The van der Waals surface area contributed by atoms with Crippen LogP contribution in [-0.4, -0.2) is 25.2 Å². The molecule has 2 heterocycles. The summed E-state index contributed by atoms with van der Waals surface area (Å²) in [5, 5.41) is 8.80. The van der Waals surface area contributed by atoms with E-state index in [0.29, 0.717) is 18.5 Å². The molecule has 0 saturated carbocycles. The molecule has 0 aromatic carbocycles. The van der Waals surface area contributed by atoms with Crippen molar-refractivity contribution in [3.8, 4) is 0 Å². The topological polar surface area (TPSA) is 66.3 Å². The largest absolute Gasteiger partial charge is 0.449 e. The Balaban J connectivity index is 1.67. The average Bonchev–Trinajstić information content (AvgIpc) is 2.81. The van der Waals surface area contributed by atoms with Gasteiger partial charge in [-0.25, -0.2) is 4.79 Å². The first kappa shape index (κ1) is 11.0. The van der Waals surface area contributed by atoms with Gasteiger partial charge >= 0.3 is 6.03 Å². The van der Waals surface area contributed by atoms with Gasteiger partial charge in [-0.15, -0.1) is 0 Å². The lowest BCUT2D eigenvalue weighted by Gasteiger charge is -2.23. The number of urea groups is 1. The third kappa shape index (κ3) is 3.27. The number of carbonyl (C=O) groups is 1. The predicted molar refractivity (Wildman–Crippen MR) is 61.4 cm³/mol. The summed E-state index contributed by atoms with van der Waals surface area (Å²) >= 11 is 0. The van der Waals surface area contributed by atoms with E-state index in [2.05, 4.69) is 16.0 Å². The van der Waals surface area contributed by atoms with E-state index in [1.807, 2.05) is 0 Å². The molecule has 2 rings (SSSR count). The standard InChI is InChI=1S/C11H17N3O2/c15-11(14-10-5-3-7-16-10)13-8-9-4-1-2-6-12-9/h3,5,7,9,12H,1-2,4,6,8H2,(H2,13,14,15). The van der Waals surface area contributed by atoms with Crippen LogP contribution in [0, 0.1) is 0 Å². The molecule has 88 valence electrons. The number of carbonyl (C=O) groups excluding carboxylic acids is 1. The summed E-state index contributed by atoms with van der Waals surface area (Å²) in [6.45, 7) is 1.71. The Labute approximate surface area is 94.6 Å². The lowest BCUT2D eigenvalue weighted by Crippen LogP contribution is -2.44. The fraction of sp³-hybridized carbons (Fsp3) is 0.545. The number of furan rings is 1. The maximum atomic E-state index is 11.4. The summed E-state index contributed by atoms with van der Waals surface area (Å²) in [7, 11) is 0. The van der Waals surface area contributed by atoms with Gasteiger partial charge in [-0.1, -0.05) is 6.42 Å². The highest BCUT2D eigenvalue weighted by Gasteiger charge is 2.13. The first-order chi connectivity index (χ1) is 7.84. The summed E-state index contributed by atoms with van der Waals surface area (Å²) in [5.74, 6) is 0.467. The van der Waals surface area contributed by atoms with Crippen molar-refractivity contribution in [3.05, 3.63) is 18.4 Å². The van der Waals surface area contributed by atoms with Gasteiger partial charge in [0.05, 0.1) is 6.26 Å². The molecular weight excluding hydrogens is 206 g/mol. The van der Waals surface area contributed by atoms with E-state index in [-0.39, 0.29) is 6.03 Å². The van der Waals surface area contributed by atoms with E-state index in [4.69, 9.17) is 4.42 Å². The zero-order chi connectivity index (χ0) is 11.2. The number of hydrogen-bond donors (Lipinski definition) is 3. The number of nitrogens with one attached hydrogen (secondary N) is 3. The van der Waals surface area contributed by atoms with Crippen molar-refractivity contribution in [2.45, 2.75) is 25.3 Å². The van der Waals surface area contributed by atoms with E-state index in [1.165, 1.54) is 19.1 Å². The van der Waals surface area contributed by atoms with Crippen LogP contribution < -0.4 is 16.0 Å². The van der Waals surface area contributed by atoms with Gasteiger partial charge in [0.1, 0.15) is 0 Å². The Morgan fingerprint density at radius 3 is 3.19 bits per heavy atom. The Morgan fingerprint density at radius 1 is 1.56 bits per heavy atom. The van der Waals surface area contributed by atoms with E-state index in [9.17, 15) is 4.79 Å². The van der Waals surface area contributed by atoms with Crippen LogP contribution in [0.5, 0.6) is 0 Å². The fourth-order valence-corrected chi connectivity index (χ4v) is 1.82. The first-order valence-electron chi connectivity index (χ1n) is 5.66. The van der Waals surface area contributed by atoms with Crippen molar-refractivity contribution in [1.82, 2.24) is 10.6 Å². The monoisotopic (exact) mass is 223 g/mol. The van der Waals surface area contributed by atoms with Gasteiger partial charge in [0.15, 0.2) is 0 Å². The van der Waals surface area contributed by atoms with Crippen molar-refractivity contribution < 1.29 is 9.21 Å². The average molecular weight is 223 g/mol. The molecule has 1 aromatic rings. The van der Waals surface area contributed by atoms with Gasteiger partial charge in [-0.3, -0.25) is 5.32 Å². The molecule has 1 fully saturated rings. The third-order valence-corrected chi connectivity index (χ3v) is 2.68. The minimum absolute atomic E-state index is 0.220. The molecule has 1 aromatic heterocycles. The van der Waals surface area contributed by atoms with Crippen molar-refractivity contribution in [2.75, 3.05) is 18.4 Å². The molecular formula is C11H17N3O2. The van der Waals surface area contributed by atoms with Crippen LogP contribution in [0.25, 0.3) is 0 Å². The number of amides is 2. The molecule has 16 heavy (non-hydrogen) atoms. The highest BCUT2D eigenvalue weighted by molar-refractivity contribution is 5.87. The molecule has 1 aliphatic heterocycles. The molecule has 5 nitrogen and oxygen atoms in total. The molecule has 3 N–H and O–H groups in total. The molecule has 1 aliphatic rings. The van der Waals surface area contributed by atoms with Crippen LogP contribution in [0.2, 0.25) is 0 Å². The van der Waals surface area contributed by atoms with E-state index < -0.39 is 0 Å². The third-order valence-electron chi connectivity index (χ3n) is 2.68. The van der Waals surface area contributed by atoms with Crippen molar-refractivity contribution in [1.29, 1.82) is 0 Å². The minimum atomic E-state index is -0.220. The molecule has 0 aliphatic carbocycles. The van der Waals surface area contributed by atoms with Gasteiger partial charge in [0, 0.05) is 18.7 Å². The lowest BCUT2D eigenvalue weighted by atomic mass is 10.1. The quantitative estimate of drug-likeness (QED) is 0.728. The Bertz CT molecular complexity index is 318. The van der Waals surface area contributed by atoms with E-state index in [0.717, 1.165) is 13.0 Å². The summed E-state index contributed by atoms with van der Waals surface area (Å²) in [4.78, 5) is 11.4. The number of piperidine rings is 1. The van der Waals surface area contributed by atoms with Crippen molar-refractivity contribution in [2.24, 2.45) is 0 Å². The molecule has 0 bridgehead atoms. The summed E-state index contributed by atoms with van der Waals surface area (Å²) < 4.78 is 5.01. The van der Waals surface area contributed by atoms with Gasteiger partial charge in [-0.2, -0.15) is 0 Å². The van der Waals surface area contributed by atoms with Crippen LogP contribution >= 0.6 is 0 Å². The number of anilines is 1. The van der Waals surface area contributed by atoms with Crippen LogP contribution in [0.3, 0.4) is 0 Å². The number of hydrogen-bond acceptors (Lipinski definition) is 3. The maximum Gasteiger partial charge on any atom is 0.321 e. The smallest absolute Gasteiger partial charge is 0.321 e. The summed E-state index contributed by atoms with van der Waals surface area (Å²) in [6.07, 6.45) is 5.12. The second-order valence-electron chi connectivity index (χ2n) is 3.96. The molecule has 1 unspecified atom stereocenters. The van der Waals surface area contributed by atoms with Crippen LogP contribution in [0.1, 0.15) is 19.3 Å². The second-order valence-corrected chi connectivity index (χ2v) is 3.96. The Hall–Kier alpha value is -1.49. The molecule has 0 spiro atoms. The Morgan fingerprint density at radius 2 is 2.50 bits per heavy atom. The minimum Gasteiger partial charge on any atom is -0.449 e. The maximum absolute atomic E-state index is 11.4. The van der Waals surface area contributed by atoms with E-state index >= 15 is 0 Å². The van der Waals surface area contributed by atoms with Gasteiger partial charge < -0.3 is 15.1 Å². The van der Waals surface area contributed by atoms with Crippen LogP contribution in [0.15, 0.2) is 22.8 Å². The SMILES string of the molecule is O=C(NCC1CCCCN1)Nc1ccco1. The zero-order valence-electron chi connectivity index (χ0n) is 9.16. The zero-order valence-corrected chi connectivity index (χ0v) is 9.16. The molecule has 1 atom stereocenters. The van der Waals surface area contributed by atoms with E-state index in [1.54, 1.807) is 12.1 Å². The number of rotatable bonds is 3. The highest BCUT2D eigenvalue weighted by Crippen LogP contribution is 2.07. The molecule has 2 amide bonds. The van der Waals surface area contributed by atoms with Crippen molar-refractivity contribution >= 4 is 11.9 Å². The predicted octanol–water partition coefficient (Wildman–Crippen LogP) is 1.54. The highest BCUT2D eigenvalue weighted by atomic mass is 16.3. The summed E-state index contributed by atoms with van der Waals surface area (Å²) in [6, 6.07) is 3.62. The normalized spacial score (nSPS) is 20.4. The lowest BCUT2D eigenvalue weighted by molar-refractivity contribution is 0.249. The van der Waals surface area contributed by atoms with Gasteiger partial charge in [0.2, 0.25) is 5.88 Å². The Kier molecular flexibility index (Phi) is 3.82. The fourth-order valence-electron chi connectivity index (χ4n) is 1.82. The van der Waals surface area contributed by atoms with Crippen LogP contribution in [0.4, 0.5) is 10.7 Å². The second kappa shape index (κ2) is 5.55. The van der Waals surface area contributed by atoms with Crippen molar-refractivity contribution in [3.63, 3.8) is 0 Å². The van der Waals surface area contributed by atoms with Gasteiger partial charge in [-0.05, 0) is 25.5 Å². The molecule has 0 radical (unpaired) electrons. The molecule has 5 heteroatoms. The first-order valence-corrected chi connectivity index (χ1v) is 5.66. The molecule has 1 saturated heterocycles. The van der Waals surface area contributed by atoms with Crippen LogP contribution in [-0.2, 0) is 0 Å². The summed E-state index contributed by atoms with van der Waals surface area (Å²) in [5.41, 5.74) is 0. The van der Waals surface area contributed by atoms with Gasteiger partial charge in [0.25, 0.3) is 0 Å².